The van der Waals surface area contributed by atoms with Crippen molar-refractivity contribution >= 4 is 34.4 Å². The van der Waals surface area contributed by atoms with Gasteiger partial charge in [-0.1, -0.05) is 12.1 Å². The summed E-state index contributed by atoms with van der Waals surface area (Å²) in [5.41, 5.74) is 0.975. The van der Waals surface area contributed by atoms with Crippen molar-refractivity contribution in [2.24, 2.45) is 0 Å². The third-order valence-corrected chi connectivity index (χ3v) is 3.18. The number of hydrogen-bond donors (Lipinski definition) is 2. The van der Waals surface area contributed by atoms with Gasteiger partial charge in [-0.3, -0.25) is 10.1 Å². The maximum Gasteiger partial charge on any atom is 0.292 e. The van der Waals surface area contributed by atoms with Gasteiger partial charge in [0.25, 0.3) is 5.69 Å². The highest BCUT2D eigenvalue weighted by atomic mass is 32.1. The molecule has 2 aromatic rings. The van der Waals surface area contributed by atoms with Gasteiger partial charge >= 0.3 is 0 Å². The van der Waals surface area contributed by atoms with Gasteiger partial charge in [0.15, 0.2) is 16.6 Å². The van der Waals surface area contributed by atoms with Gasteiger partial charge in [-0.05, 0) is 30.4 Å². The maximum absolute atomic E-state index is 11.0. The molecule has 1 aliphatic rings. The van der Waals surface area contributed by atoms with E-state index < -0.39 is 4.92 Å². The van der Waals surface area contributed by atoms with Gasteiger partial charge in [0.1, 0.15) is 5.69 Å². The van der Waals surface area contributed by atoms with E-state index in [1.807, 2.05) is 0 Å². The molecule has 0 radical (unpaired) electrons. The van der Waals surface area contributed by atoms with E-state index in [1.165, 1.54) is 6.07 Å². The molecule has 0 fully saturated rings. The number of nitro benzene ring substituents is 1. The first kappa shape index (κ1) is 14.1. The van der Waals surface area contributed by atoms with Crippen molar-refractivity contribution in [3.05, 3.63) is 52.6 Å². The Hall–Kier alpha value is -2.87. The first-order valence-corrected chi connectivity index (χ1v) is 6.75. The predicted molar refractivity (Wildman–Crippen MR) is 85.5 cm³/mol. The number of fused-ring (bicyclic) bond motifs is 1. The van der Waals surface area contributed by atoms with Crippen LogP contribution in [0.1, 0.15) is 0 Å². The van der Waals surface area contributed by atoms with E-state index in [1.54, 1.807) is 36.4 Å². The van der Waals surface area contributed by atoms with Crippen LogP contribution in [-0.2, 0) is 0 Å². The number of nitro groups is 1. The first-order valence-electron chi connectivity index (χ1n) is 6.34. The summed E-state index contributed by atoms with van der Waals surface area (Å²) in [5.74, 6) is 1.29. The van der Waals surface area contributed by atoms with Crippen molar-refractivity contribution in [1.29, 1.82) is 0 Å². The van der Waals surface area contributed by atoms with E-state index in [4.69, 9.17) is 21.7 Å². The summed E-state index contributed by atoms with van der Waals surface area (Å²) >= 11 is 5.18. The summed E-state index contributed by atoms with van der Waals surface area (Å²) < 4.78 is 10.5. The van der Waals surface area contributed by atoms with Crippen molar-refractivity contribution in [3.63, 3.8) is 0 Å². The quantitative estimate of drug-likeness (QED) is 0.511. The Morgan fingerprint density at radius 2 is 1.91 bits per heavy atom. The summed E-state index contributed by atoms with van der Waals surface area (Å²) in [7, 11) is 0. The fraction of sp³-hybridized carbons (Fsp3) is 0.0714. The molecule has 1 heterocycles. The highest BCUT2D eigenvalue weighted by Crippen LogP contribution is 2.34. The van der Waals surface area contributed by atoms with Crippen LogP contribution in [0.3, 0.4) is 0 Å². The van der Waals surface area contributed by atoms with E-state index >= 15 is 0 Å². The molecular weight excluding hydrogens is 306 g/mol. The number of para-hydroxylation sites is 2. The molecule has 2 aromatic carbocycles. The maximum atomic E-state index is 11.0. The van der Waals surface area contributed by atoms with Gasteiger partial charge < -0.3 is 20.1 Å². The third-order valence-electron chi connectivity index (χ3n) is 2.98. The summed E-state index contributed by atoms with van der Waals surface area (Å²) in [6, 6.07) is 11.6. The van der Waals surface area contributed by atoms with E-state index in [0.717, 1.165) is 0 Å². The summed E-state index contributed by atoms with van der Waals surface area (Å²) in [5, 5.41) is 17.0. The van der Waals surface area contributed by atoms with E-state index in [0.29, 0.717) is 22.9 Å². The van der Waals surface area contributed by atoms with Gasteiger partial charge in [-0.15, -0.1) is 0 Å². The SMILES string of the molecule is O=[N+]([O-])c1ccccc1NC(=S)Nc1ccc2c(c1)OCO2. The highest BCUT2D eigenvalue weighted by molar-refractivity contribution is 7.80. The molecule has 0 aromatic heterocycles. The summed E-state index contributed by atoms with van der Waals surface area (Å²) in [6.45, 7) is 0.192. The smallest absolute Gasteiger partial charge is 0.292 e. The Bertz CT molecular complexity index is 751. The molecule has 1 aliphatic heterocycles. The zero-order valence-corrected chi connectivity index (χ0v) is 12.1. The fourth-order valence-corrected chi connectivity index (χ4v) is 2.23. The molecule has 0 spiro atoms. The number of ether oxygens (including phenoxy) is 2. The number of benzene rings is 2. The van der Waals surface area contributed by atoms with E-state index in [9.17, 15) is 10.1 Å². The molecule has 0 aliphatic carbocycles. The zero-order valence-electron chi connectivity index (χ0n) is 11.2. The second-order valence-electron chi connectivity index (χ2n) is 4.42. The molecule has 22 heavy (non-hydrogen) atoms. The van der Waals surface area contributed by atoms with Crippen molar-refractivity contribution in [3.8, 4) is 11.5 Å². The minimum absolute atomic E-state index is 0.0441. The van der Waals surface area contributed by atoms with Gasteiger partial charge in [-0.2, -0.15) is 0 Å². The van der Waals surface area contributed by atoms with Crippen LogP contribution in [0, 0.1) is 10.1 Å². The Balaban J connectivity index is 1.72. The van der Waals surface area contributed by atoms with Gasteiger partial charge in [0.05, 0.1) is 4.92 Å². The first-order chi connectivity index (χ1) is 10.6. The topological polar surface area (TPSA) is 85.7 Å². The molecule has 0 atom stereocenters. The predicted octanol–water partition coefficient (Wildman–Crippen LogP) is 3.13. The van der Waals surface area contributed by atoms with Crippen LogP contribution < -0.4 is 20.1 Å². The summed E-state index contributed by atoms with van der Waals surface area (Å²) in [4.78, 5) is 10.5. The van der Waals surface area contributed by atoms with Crippen LogP contribution in [0.15, 0.2) is 42.5 Å². The van der Waals surface area contributed by atoms with Gasteiger partial charge in [0.2, 0.25) is 6.79 Å². The average Bonchev–Trinajstić information content (AvgIpc) is 2.95. The molecule has 3 rings (SSSR count). The second kappa shape index (κ2) is 5.86. The zero-order chi connectivity index (χ0) is 15.5. The molecule has 7 nitrogen and oxygen atoms in total. The van der Waals surface area contributed by atoms with Gasteiger partial charge in [-0.25, -0.2) is 0 Å². The van der Waals surface area contributed by atoms with Crippen LogP contribution in [0.4, 0.5) is 17.1 Å². The molecule has 0 amide bonds. The average molecular weight is 317 g/mol. The van der Waals surface area contributed by atoms with Crippen LogP contribution in [0.5, 0.6) is 11.5 Å². The van der Waals surface area contributed by atoms with Crippen molar-refractivity contribution in [2.45, 2.75) is 0 Å². The Morgan fingerprint density at radius 1 is 1.14 bits per heavy atom. The lowest BCUT2D eigenvalue weighted by Crippen LogP contribution is -2.19. The number of nitrogens with one attached hydrogen (secondary N) is 2. The van der Waals surface area contributed by atoms with E-state index in [-0.39, 0.29) is 17.6 Å². The molecule has 0 unspecified atom stereocenters. The molecule has 0 saturated carbocycles. The van der Waals surface area contributed by atoms with Crippen molar-refractivity contribution < 1.29 is 14.4 Å². The highest BCUT2D eigenvalue weighted by Gasteiger charge is 2.15. The lowest BCUT2D eigenvalue weighted by atomic mass is 10.2. The lowest BCUT2D eigenvalue weighted by molar-refractivity contribution is -0.383. The third kappa shape index (κ3) is 2.91. The fourth-order valence-electron chi connectivity index (χ4n) is 2.00. The Kier molecular flexibility index (Phi) is 3.75. The Labute approximate surface area is 131 Å². The van der Waals surface area contributed by atoms with Crippen molar-refractivity contribution in [2.75, 3.05) is 17.4 Å². The number of thiocarbonyl (C=S) groups is 1. The van der Waals surface area contributed by atoms with Crippen molar-refractivity contribution in [1.82, 2.24) is 0 Å². The molecule has 112 valence electrons. The van der Waals surface area contributed by atoms with Gasteiger partial charge in [0, 0.05) is 17.8 Å². The minimum Gasteiger partial charge on any atom is -0.454 e. The minimum atomic E-state index is -0.467. The molecular formula is C14H11N3O4S. The molecule has 2 N–H and O–H groups in total. The largest absolute Gasteiger partial charge is 0.454 e. The number of hydrogen-bond acceptors (Lipinski definition) is 5. The lowest BCUT2D eigenvalue weighted by Gasteiger charge is -2.11. The number of nitrogens with zero attached hydrogens (tertiary/aromatic N) is 1. The molecule has 0 saturated heterocycles. The van der Waals surface area contributed by atoms with E-state index in [2.05, 4.69) is 10.6 Å². The summed E-state index contributed by atoms with van der Waals surface area (Å²) in [6.07, 6.45) is 0. The monoisotopic (exact) mass is 317 g/mol. The van der Waals surface area contributed by atoms with Crippen LogP contribution >= 0.6 is 12.2 Å². The second-order valence-corrected chi connectivity index (χ2v) is 4.83. The normalized spacial score (nSPS) is 11.8. The number of rotatable bonds is 3. The van der Waals surface area contributed by atoms with Crippen LogP contribution in [0.2, 0.25) is 0 Å². The van der Waals surface area contributed by atoms with Crippen LogP contribution in [-0.4, -0.2) is 16.8 Å². The molecule has 8 heteroatoms. The number of anilines is 2. The standard InChI is InChI=1S/C14H11N3O4S/c18-17(19)11-4-2-1-3-10(11)16-14(22)15-9-5-6-12-13(7-9)21-8-20-12/h1-7H,8H2,(H2,15,16,22). The van der Waals surface area contributed by atoms with Crippen LogP contribution in [0.25, 0.3) is 0 Å². The molecule has 0 bridgehead atoms. The Morgan fingerprint density at radius 3 is 2.73 bits per heavy atom.